The van der Waals surface area contributed by atoms with Crippen molar-refractivity contribution in [1.29, 1.82) is 0 Å². The van der Waals surface area contributed by atoms with Gasteiger partial charge >= 0.3 is 0 Å². The lowest BCUT2D eigenvalue weighted by atomic mass is 10.4. The first kappa shape index (κ1) is 23.6. The van der Waals surface area contributed by atoms with Gasteiger partial charge in [0.1, 0.15) is 6.33 Å². The van der Waals surface area contributed by atoms with Crippen LogP contribution in [0.25, 0.3) is 16.8 Å². The third-order valence-corrected chi connectivity index (χ3v) is 4.08. The van der Waals surface area contributed by atoms with Crippen LogP contribution in [0.3, 0.4) is 0 Å². The summed E-state index contributed by atoms with van der Waals surface area (Å²) in [4.78, 5) is 17.4. The van der Waals surface area contributed by atoms with Crippen LogP contribution in [0.2, 0.25) is 0 Å². The fraction of sp³-hybridized carbons (Fsp3) is 0.619. The highest BCUT2D eigenvalue weighted by molar-refractivity contribution is 5.74. The summed E-state index contributed by atoms with van der Waals surface area (Å²) in [6.45, 7) is 9.55. The zero-order valence-electron chi connectivity index (χ0n) is 18.0. The van der Waals surface area contributed by atoms with E-state index >= 15 is 0 Å². The van der Waals surface area contributed by atoms with E-state index in [0.29, 0.717) is 6.04 Å². The quantitative estimate of drug-likeness (QED) is 0.621. The van der Waals surface area contributed by atoms with Gasteiger partial charge in [0, 0.05) is 19.2 Å². The molecular weight excluding hydrogens is 352 g/mol. The van der Waals surface area contributed by atoms with E-state index in [1.807, 2.05) is 44.4 Å². The second kappa shape index (κ2) is 13.7. The van der Waals surface area contributed by atoms with Crippen molar-refractivity contribution in [3.8, 4) is 0 Å². The number of aromatic nitrogens is 5. The van der Waals surface area contributed by atoms with Crippen LogP contribution in [0, 0.1) is 0 Å². The van der Waals surface area contributed by atoms with E-state index in [9.17, 15) is 4.79 Å². The average Bonchev–Trinajstić information content (AvgIpc) is 3.20. The molecule has 2 aliphatic carbocycles. The molecule has 0 aromatic carbocycles. The lowest BCUT2D eigenvalue weighted by Crippen LogP contribution is -2.21. The average molecular weight is 389 g/mol. The van der Waals surface area contributed by atoms with Crippen molar-refractivity contribution in [2.24, 2.45) is 0 Å². The molecule has 3 heterocycles. The maximum absolute atomic E-state index is 10.2. The zero-order valence-corrected chi connectivity index (χ0v) is 18.0. The lowest BCUT2D eigenvalue weighted by molar-refractivity contribution is -0.119. The van der Waals surface area contributed by atoms with E-state index in [1.54, 1.807) is 19.4 Å². The summed E-state index contributed by atoms with van der Waals surface area (Å²) in [5.41, 5.74) is 2.61. The molecule has 7 nitrogen and oxygen atoms in total. The Bertz CT molecular complexity index is 729. The van der Waals surface area contributed by atoms with Gasteiger partial charge in [0.15, 0.2) is 11.3 Å². The summed E-state index contributed by atoms with van der Waals surface area (Å²) >= 11 is 0. The molecule has 2 fully saturated rings. The minimum atomic E-state index is 0.0995. The molecule has 3 aromatic heterocycles. The fourth-order valence-electron chi connectivity index (χ4n) is 2.69. The Hall–Kier alpha value is -2.44. The predicted octanol–water partition coefficient (Wildman–Crippen LogP) is 4.89. The highest BCUT2D eigenvalue weighted by Gasteiger charge is 2.21. The van der Waals surface area contributed by atoms with Crippen molar-refractivity contribution < 1.29 is 4.79 Å². The second-order valence-electron chi connectivity index (χ2n) is 6.27. The first-order valence-corrected chi connectivity index (χ1v) is 10.6. The van der Waals surface area contributed by atoms with E-state index < -0.39 is 0 Å². The summed E-state index contributed by atoms with van der Waals surface area (Å²) in [7, 11) is 0. The summed E-state index contributed by atoms with van der Waals surface area (Å²) < 4.78 is 1.89. The van der Waals surface area contributed by atoms with Gasteiger partial charge in [-0.1, -0.05) is 59.8 Å². The Balaban J connectivity index is 0.000000210. The molecule has 3 aromatic rings. The molecule has 1 amide bonds. The number of aromatic amines is 1. The van der Waals surface area contributed by atoms with Gasteiger partial charge in [0.2, 0.25) is 5.91 Å². The van der Waals surface area contributed by atoms with E-state index in [1.165, 1.54) is 44.9 Å². The molecule has 2 aliphatic rings. The van der Waals surface area contributed by atoms with Crippen molar-refractivity contribution in [3.63, 3.8) is 0 Å². The van der Waals surface area contributed by atoms with Crippen LogP contribution in [0.5, 0.6) is 0 Å². The molecule has 28 heavy (non-hydrogen) atoms. The lowest BCUT2D eigenvalue weighted by Gasteiger charge is -1.91. The molecule has 7 heteroatoms. The first-order chi connectivity index (χ1) is 13.7. The van der Waals surface area contributed by atoms with E-state index in [-0.39, 0.29) is 5.91 Å². The molecule has 0 saturated heterocycles. The number of rotatable bonds is 1. The van der Waals surface area contributed by atoms with Crippen molar-refractivity contribution in [1.82, 2.24) is 29.9 Å². The SMILES string of the molecule is C1CCCC1.CC.CC.CC(=O)NC1CC1.c1cc2c(ncc3nncn32)[nH]1. The molecule has 2 saturated carbocycles. The van der Waals surface area contributed by atoms with Crippen molar-refractivity contribution in [2.45, 2.75) is 85.6 Å². The first-order valence-electron chi connectivity index (χ1n) is 10.6. The van der Waals surface area contributed by atoms with Gasteiger partial charge in [-0.25, -0.2) is 4.98 Å². The van der Waals surface area contributed by atoms with Gasteiger partial charge in [0.25, 0.3) is 0 Å². The summed E-state index contributed by atoms with van der Waals surface area (Å²) in [5.74, 6) is 0.0995. The topological polar surface area (TPSA) is 88.0 Å². The predicted molar refractivity (Wildman–Crippen MR) is 115 cm³/mol. The Morgan fingerprint density at radius 1 is 1.11 bits per heavy atom. The fourth-order valence-corrected chi connectivity index (χ4v) is 2.69. The maximum atomic E-state index is 10.2. The molecule has 0 aliphatic heterocycles. The minimum Gasteiger partial charge on any atom is -0.354 e. The van der Waals surface area contributed by atoms with E-state index in [2.05, 4.69) is 25.5 Å². The van der Waals surface area contributed by atoms with Crippen LogP contribution in [-0.4, -0.2) is 36.5 Å². The third kappa shape index (κ3) is 8.06. The number of nitrogens with one attached hydrogen (secondary N) is 2. The number of carbonyl (C=O) groups excluding carboxylic acids is 1. The number of H-pyrrole nitrogens is 1. The van der Waals surface area contributed by atoms with E-state index in [4.69, 9.17) is 0 Å². The monoisotopic (exact) mass is 388 g/mol. The number of hydrogen-bond donors (Lipinski definition) is 2. The normalized spacial score (nSPS) is 14.3. The molecule has 0 atom stereocenters. The highest BCUT2D eigenvalue weighted by atomic mass is 16.1. The molecule has 5 rings (SSSR count). The van der Waals surface area contributed by atoms with Gasteiger partial charge in [0.05, 0.1) is 11.7 Å². The molecule has 0 bridgehead atoms. The number of nitrogens with zero attached hydrogens (tertiary/aromatic N) is 4. The standard InChI is InChI=1S/C7H5N5.C5H9NO.C5H10.2C2H6/c1-2-8-7-5(1)12-4-10-11-6(12)3-9-7;1-4(7)6-5-2-3-5;1-2-4-5-3-1;2*1-2/h1-4,8H;5H,2-3H2,1H3,(H,6,7);1-5H2;2*1-2H3. The summed E-state index contributed by atoms with van der Waals surface area (Å²) in [6.07, 6.45) is 15.1. The zero-order chi connectivity index (χ0) is 20.8. The van der Waals surface area contributed by atoms with Crippen LogP contribution < -0.4 is 5.32 Å². The van der Waals surface area contributed by atoms with Crippen molar-refractivity contribution >= 4 is 22.7 Å². The molecule has 156 valence electrons. The van der Waals surface area contributed by atoms with Crippen LogP contribution in [0.4, 0.5) is 0 Å². The minimum absolute atomic E-state index is 0.0995. The second-order valence-corrected chi connectivity index (χ2v) is 6.27. The van der Waals surface area contributed by atoms with Crippen LogP contribution in [0.1, 0.15) is 79.6 Å². The number of carbonyl (C=O) groups is 1. The van der Waals surface area contributed by atoms with Gasteiger partial charge < -0.3 is 10.3 Å². The molecule has 0 radical (unpaired) electrons. The number of amides is 1. The van der Waals surface area contributed by atoms with Gasteiger partial charge in [-0.2, -0.15) is 0 Å². The van der Waals surface area contributed by atoms with Gasteiger partial charge in [-0.15, -0.1) is 10.2 Å². The Morgan fingerprint density at radius 3 is 2.21 bits per heavy atom. The van der Waals surface area contributed by atoms with Crippen LogP contribution >= 0.6 is 0 Å². The summed E-state index contributed by atoms with van der Waals surface area (Å²) in [6, 6.07) is 2.47. The van der Waals surface area contributed by atoms with Gasteiger partial charge in [-0.05, 0) is 18.9 Å². The Kier molecular flexibility index (Phi) is 11.5. The Labute approximate surface area is 168 Å². The van der Waals surface area contributed by atoms with Crippen LogP contribution in [-0.2, 0) is 4.79 Å². The molecular formula is C21H36N6O. The number of hydrogen-bond acceptors (Lipinski definition) is 4. The van der Waals surface area contributed by atoms with Gasteiger partial charge in [-0.3, -0.25) is 9.20 Å². The molecule has 0 unspecified atom stereocenters. The van der Waals surface area contributed by atoms with Crippen molar-refractivity contribution in [2.75, 3.05) is 0 Å². The maximum Gasteiger partial charge on any atom is 0.217 e. The highest BCUT2D eigenvalue weighted by Crippen LogP contribution is 2.18. The number of fused-ring (bicyclic) bond motifs is 3. The van der Waals surface area contributed by atoms with Crippen LogP contribution in [0.15, 0.2) is 24.8 Å². The Morgan fingerprint density at radius 2 is 1.71 bits per heavy atom. The van der Waals surface area contributed by atoms with E-state index in [0.717, 1.165) is 16.8 Å². The van der Waals surface area contributed by atoms with Crippen molar-refractivity contribution in [3.05, 3.63) is 24.8 Å². The molecule has 0 spiro atoms. The smallest absolute Gasteiger partial charge is 0.217 e. The third-order valence-electron chi connectivity index (χ3n) is 4.08. The molecule has 2 N–H and O–H groups in total. The largest absolute Gasteiger partial charge is 0.354 e. The summed E-state index contributed by atoms with van der Waals surface area (Å²) in [5, 5.41) is 10.5.